The summed E-state index contributed by atoms with van der Waals surface area (Å²) < 4.78 is 5.74. The number of carbonyl (C=O) groups is 2. The van der Waals surface area contributed by atoms with Crippen LogP contribution in [0.1, 0.15) is 36.1 Å². The number of hydrogen-bond donors (Lipinski definition) is 1. The van der Waals surface area contributed by atoms with E-state index in [-0.39, 0.29) is 23.6 Å². The summed E-state index contributed by atoms with van der Waals surface area (Å²) >= 11 is 0. The first-order valence-electron chi connectivity index (χ1n) is 11.1. The fraction of sp³-hybridized carbons (Fsp3) is 0.214. The molecule has 0 unspecified atom stereocenters. The molecule has 2 amide bonds. The minimum atomic E-state index is -0.369. The maximum Gasteiger partial charge on any atom is 0.282 e. The molecule has 0 bridgehead atoms. The van der Waals surface area contributed by atoms with Crippen molar-refractivity contribution in [1.29, 1.82) is 0 Å². The summed E-state index contributed by atoms with van der Waals surface area (Å²) in [6.07, 6.45) is 0.0447. The van der Waals surface area contributed by atoms with Gasteiger partial charge in [0.1, 0.15) is 11.4 Å². The van der Waals surface area contributed by atoms with E-state index in [4.69, 9.17) is 4.74 Å². The Balaban J connectivity index is 1.80. The number of anilines is 2. The second-order valence-corrected chi connectivity index (χ2v) is 8.67. The summed E-state index contributed by atoms with van der Waals surface area (Å²) in [5.41, 5.74) is 5.57. The molecule has 5 nitrogen and oxygen atoms in total. The summed E-state index contributed by atoms with van der Waals surface area (Å²) in [4.78, 5) is 28.6. The fourth-order valence-corrected chi connectivity index (χ4v) is 3.85. The van der Waals surface area contributed by atoms with Crippen LogP contribution in [-0.4, -0.2) is 17.9 Å². The molecular formula is C28H28N2O3. The molecular weight excluding hydrogens is 412 g/mol. The quantitative estimate of drug-likeness (QED) is 0.493. The van der Waals surface area contributed by atoms with E-state index in [1.165, 1.54) is 4.90 Å². The normalized spacial score (nSPS) is 13.8. The molecule has 0 radical (unpaired) electrons. The molecule has 168 valence electrons. The number of nitrogens with one attached hydrogen (secondary N) is 1. The monoisotopic (exact) mass is 440 g/mol. The first-order chi connectivity index (χ1) is 15.7. The lowest BCUT2D eigenvalue weighted by atomic mass is 10.0. The standard InChI is InChI=1S/C28H28N2O3/c1-17(2)33-23-14-10-21(11-15-23)25-26(29-22-12-7-18(3)8-13-22)28(32)30(27(25)31)24-16-19(4)6-9-20(24)5/h6-17,29H,1-5H3. The predicted molar refractivity (Wildman–Crippen MR) is 132 cm³/mol. The van der Waals surface area contributed by atoms with E-state index in [9.17, 15) is 9.59 Å². The third-order valence-corrected chi connectivity index (χ3v) is 5.53. The van der Waals surface area contributed by atoms with Gasteiger partial charge in [0, 0.05) is 5.69 Å². The minimum Gasteiger partial charge on any atom is -0.491 e. The second-order valence-electron chi connectivity index (χ2n) is 8.67. The van der Waals surface area contributed by atoms with Crippen molar-refractivity contribution in [2.24, 2.45) is 0 Å². The lowest BCUT2D eigenvalue weighted by molar-refractivity contribution is -0.120. The van der Waals surface area contributed by atoms with E-state index in [1.54, 1.807) is 0 Å². The molecule has 0 saturated carbocycles. The number of carbonyl (C=O) groups excluding carboxylic acids is 2. The maximum absolute atomic E-state index is 13.7. The summed E-state index contributed by atoms with van der Waals surface area (Å²) in [5, 5.41) is 3.21. The molecule has 0 fully saturated rings. The van der Waals surface area contributed by atoms with Crippen molar-refractivity contribution in [1.82, 2.24) is 0 Å². The first-order valence-corrected chi connectivity index (χ1v) is 11.1. The van der Waals surface area contributed by atoms with Crippen LogP contribution in [0.3, 0.4) is 0 Å². The molecule has 3 aromatic carbocycles. The first kappa shape index (κ1) is 22.3. The van der Waals surface area contributed by atoms with Crippen molar-refractivity contribution >= 4 is 28.8 Å². The lowest BCUT2D eigenvalue weighted by Gasteiger charge is -2.18. The molecule has 1 aliphatic rings. The van der Waals surface area contributed by atoms with E-state index in [2.05, 4.69) is 5.32 Å². The third-order valence-electron chi connectivity index (χ3n) is 5.53. The van der Waals surface area contributed by atoms with E-state index >= 15 is 0 Å². The zero-order valence-electron chi connectivity index (χ0n) is 19.6. The van der Waals surface area contributed by atoms with Crippen LogP contribution >= 0.6 is 0 Å². The van der Waals surface area contributed by atoms with Crippen molar-refractivity contribution in [2.45, 2.75) is 40.7 Å². The molecule has 0 saturated heterocycles. The predicted octanol–water partition coefficient (Wildman–Crippen LogP) is 5.80. The van der Waals surface area contributed by atoms with Gasteiger partial charge in [-0.3, -0.25) is 9.59 Å². The van der Waals surface area contributed by atoms with E-state index in [0.717, 1.165) is 22.4 Å². The van der Waals surface area contributed by atoms with Crippen molar-refractivity contribution in [2.75, 3.05) is 10.2 Å². The zero-order valence-corrected chi connectivity index (χ0v) is 19.6. The highest BCUT2D eigenvalue weighted by atomic mass is 16.5. The Labute approximate surface area is 194 Å². The van der Waals surface area contributed by atoms with Gasteiger partial charge in [-0.1, -0.05) is 42.0 Å². The highest BCUT2D eigenvalue weighted by Crippen LogP contribution is 2.36. The summed E-state index contributed by atoms with van der Waals surface area (Å²) in [6.45, 7) is 9.77. The second kappa shape index (κ2) is 8.94. The number of nitrogens with zero attached hydrogens (tertiary/aromatic N) is 1. The minimum absolute atomic E-state index is 0.0447. The summed E-state index contributed by atoms with van der Waals surface area (Å²) in [6, 6.07) is 20.8. The maximum atomic E-state index is 13.7. The van der Waals surface area contributed by atoms with Crippen molar-refractivity contribution in [3.8, 4) is 5.75 Å². The molecule has 0 aromatic heterocycles. The molecule has 3 aromatic rings. The van der Waals surface area contributed by atoms with Crippen molar-refractivity contribution < 1.29 is 14.3 Å². The summed E-state index contributed by atoms with van der Waals surface area (Å²) in [7, 11) is 0. The van der Waals surface area contributed by atoms with Crippen LogP contribution in [0.4, 0.5) is 11.4 Å². The molecule has 0 atom stereocenters. The number of hydrogen-bond acceptors (Lipinski definition) is 4. The average Bonchev–Trinajstić information content (AvgIpc) is 3.01. The van der Waals surface area contributed by atoms with Gasteiger partial charge in [-0.2, -0.15) is 0 Å². The third kappa shape index (κ3) is 4.53. The molecule has 0 aliphatic carbocycles. The van der Waals surface area contributed by atoms with Gasteiger partial charge in [0.15, 0.2) is 0 Å². The molecule has 1 N–H and O–H groups in total. The Bertz CT molecular complexity index is 1240. The number of ether oxygens (including phenoxy) is 1. The van der Waals surface area contributed by atoms with Gasteiger partial charge in [-0.15, -0.1) is 0 Å². The van der Waals surface area contributed by atoms with Crippen LogP contribution in [0.15, 0.2) is 72.4 Å². The van der Waals surface area contributed by atoms with Gasteiger partial charge < -0.3 is 10.1 Å². The van der Waals surface area contributed by atoms with Gasteiger partial charge in [0.05, 0.1) is 17.4 Å². The highest BCUT2D eigenvalue weighted by Gasteiger charge is 2.40. The molecule has 0 spiro atoms. The molecule has 1 heterocycles. The van der Waals surface area contributed by atoms with Gasteiger partial charge in [0.25, 0.3) is 11.8 Å². The SMILES string of the molecule is Cc1ccc(NC2=C(c3ccc(OC(C)C)cc3)C(=O)N(c3cc(C)ccc3C)C2=O)cc1. The number of aryl methyl sites for hydroxylation is 3. The average molecular weight is 441 g/mol. The number of rotatable bonds is 6. The van der Waals surface area contributed by atoms with Crippen molar-refractivity contribution in [3.63, 3.8) is 0 Å². The van der Waals surface area contributed by atoms with E-state index < -0.39 is 0 Å². The molecule has 1 aliphatic heterocycles. The Hall–Kier alpha value is -3.86. The van der Waals surface area contributed by atoms with Crippen LogP contribution in [-0.2, 0) is 9.59 Å². The molecule has 33 heavy (non-hydrogen) atoms. The summed E-state index contributed by atoms with van der Waals surface area (Å²) in [5.74, 6) is -0.00169. The zero-order chi connectivity index (χ0) is 23.7. The Kier molecular flexibility index (Phi) is 6.05. The van der Waals surface area contributed by atoms with Gasteiger partial charge in [-0.05, 0) is 81.6 Å². The van der Waals surface area contributed by atoms with Gasteiger partial charge in [0.2, 0.25) is 0 Å². The molecule has 4 rings (SSSR count). The lowest BCUT2D eigenvalue weighted by Crippen LogP contribution is -2.33. The Morgan fingerprint density at radius 3 is 2.06 bits per heavy atom. The topological polar surface area (TPSA) is 58.6 Å². The van der Waals surface area contributed by atoms with Crippen molar-refractivity contribution in [3.05, 3.63) is 94.7 Å². The number of imide groups is 1. The van der Waals surface area contributed by atoms with Crippen LogP contribution in [0, 0.1) is 20.8 Å². The van der Waals surface area contributed by atoms with Gasteiger partial charge in [-0.25, -0.2) is 4.90 Å². The highest BCUT2D eigenvalue weighted by molar-refractivity contribution is 6.46. The van der Waals surface area contributed by atoms with E-state index in [1.807, 2.05) is 101 Å². The smallest absolute Gasteiger partial charge is 0.282 e. The van der Waals surface area contributed by atoms with Crippen LogP contribution < -0.4 is 15.0 Å². The van der Waals surface area contributed by atoms with Crippen LogP contribution in [0.25, 0.3) is 5.57 Å². The van der Waals surface area contributed by atoms with Crippen LogP contribution in [0.5, 0.6) is 5.75 Å². The largest absolute Gasteiger partial charge is 0.491 e. The van der Waals surface area contributed by atoms with Gasteiger partial charge >= 0.3 is 0 Å². The molecule has 5 heteroatoms. The number of amides is 2. The number of benzene rings is 3. The van der Waals surface area contributed by atoms with Crippen LogP contribution in [0.2, 0.25) is 0 Å². The Morgan fingerprint density at radius 2 is 1.42 bits per heavy atom. The van der Waals surface area contributed by atoms with E-state index in [0.29, 0.717) is 22.6 Å². The Morgan fingerprint density at radius 1 is 0.788 bits per heavy atom. The fourth-order valence-electron chi connectivity index (χ4n) is 3.85.